The molecule has 1 heterocycles. The fraction of sp³-hybridized carbons (Fsp3) is 0.357. The highest BCUT2D eigenvalue weighted by Crippen LogP contribution is 2.32. The number of fused-ring (bicyclic) bond motifs is 1. The number of nitrogens with zero attached hydrogens (tertiary/aromatic N) is 2. The Morgan fingerprint density at radius 1 is 1.40 bits per heavy atom. The van der Waals surface area contributed by atoms with Crippen molar-refractivity contribution >= 4 is 16.5 Å². The fourth-order valence-electron chi connectivity index (χ4n) is 1.78. The Kier molecular flexibility index (Phi) is 3.85. The summed E-state index contributed by atoms with van der Waals surface area (Å²) in [7, 11) is 0. The smallest absolute Gasteiger partial charge is 0.277 e. The zero-order valence-corrected chi connectivity index (χ0v) is 11.5. The first kappa shape index (κ1) is 14.2. The molecule has 2 rings (SSSR count). The lowest BCUT2D eigenvalue weighted by Gasteiger charge is -2.23. The molecule has 0 aliphatic heterocycles. The van der Waals surface area contributed by atoms with E-state index in [1.165, 1.54) is 12.3 Å². The lowest BCUT2D eigenvalue weighted by atomic mass is 10.0. The van der Waals surface area contributed by atoms with Gasteiger partial charge in [0, 0.05) is 29.4 Å². The van der Waals surface area contributed by atoms with Crippen LogP contribution in [0.1, 0.15) is 20.3 Å². The molecule has 1 aromatic heterocycles. The van der Waals surface area contributed by atoms with Gasteiger partial charge < -0.3 is 10.5 Å². The molecule has 6 heteroatoms. The van der Waals surface area contributed by atoms with Gasteiger partial charge in [0.15, 0.2) is 0 Å². The highest BCUT2D eigenvalue weighted by atomic mass is 16.6. The summed E-state index contributed by atoms with van der Waals surface area (Å²) >= 11 is 0. The molecule has 0 spiro atoms. The van der Waals surface area contributed by atoms with Gasteiger partial charge in [0.1, 0.15) is 12.4 Å². The predicted octanol–water partition coefficient (Wildman–Crippen LogP) is 2.65. The molecular weight excluding hydrogens is 258 g/mol. The Morgan fingerprint density at radius 3 is 2.80 bits per heavy atom. The summed E-state index contributed by atoms with van der Waals surface area (Å²) < 4.78 is 5.72. The van der Waals surface area contributed by atoms with Crippen molar-refractivity contribution in [1.29, 1.82) is 0 Å². The number of hydrogen-bond donors (Lipinski definition) is 1. The second-order valence-electron chi connectivity index (χ2n) is 5.06. The maximum absolute atomic E-state index is 11.0. The summed E-state index contributed by atoms with van der Waals surface area (Å²) in [5.74, 6) is 0.559. The van der Waals surface area contributed by atoms with Gasteiger partial charge in [-0.2, -0.15) is 0 Å². The number of aromatic nitrogens is 1. The summed E-state index contributed by atoms with van der Waals surface area (Å²) in [5, 5.41) is 12.1. The second kappa shape index (κ2) is 5.42. The number of ether oxygens (including phenoxy) is 1. The van der Waals surface area contributed by atoms with Crippen LogP contribution in [0.25, 0.3) is 10.8 Å². The minimum atomic E-state index is -0.434. The number of rotatable bonds is 5. The van der Waals surface area contributed by atoms with E-state index >= 15 is 0 Å². The van der Waals surface area contributed by atoms with E-state index in [1.54, 1.807) is 18.3 Å². The normalized spacial score (nSPS) is 13.9. The van der Waals surface area contributed by atoms with Crippen LogP contribution >= 0.6 is 0 Å². The number of non-ortho nitro benzene ring substituents is 1. The summed E-state index contributed by atoms with van der Waals surface area (Å²) in [6, 6.07) is 4.65. The van der Waals surface area contributed by atoms with Gasteiger partial charge in [-0.3, -0.25) is 15.1 Å². The molecule has 1 atom stereocenters. The zero-order valence-electron chi connectivity index (χ0n) is 11.5. The van der Waals surface area contributed by atoms with Gasteiger partial charge in [0.2, 0.25) is 0 Å². The zero-order chi connectivity index (χ0) is 14.8. The topological polar surface area (TPSA) is 91.3 Å². The summed E-state index contributed by atoms with van der Waals surface area (Å²) in [6.07, 6.45) is 3.87. The van der Waals surface area contributed by atoms with Crippen LogP contribution in [0.4, 0.5) is 5.69 Å². The minimum absolute atomic E-state index is 0.0424. The van der Waals surface area contributed by atoms with E-state index < -0.39 is 10.5 Å². The van der Waals surface area contributed by atoms with E-state index in [9.17, 15) is 10.1 Å². The Morgan fingerprint density at radius 2 is 2.15 bits per heavy atom. The van der Waals surface area contributed by atoms with Crippen molar-refractivity contribution in [3.63, 3.8) is 0 Å². The molecule has 0 aliphatic rings. The second-order valence-corrected chi connectivity index (χ2v) is 5.06. The molecule has 0 fully saturated rings. The molecule has 2 N–H and O–H groups in total. The van der Waals surface area contributed by atoms with E-state index in [1.807, 2.05) is 13.8 Å². The fourth-order valence-corrected chi connectivity index (χ4v) is 1.78. The van der Waals surface area contributed by atoms with E-state index in [2.05, 4.69) is 4.98 Å². The van der Waals surface area contributed by atoms with Gasteiger partial charge in [-0.25, -0.2) is 0 Å². The van der Waals surface area contributed by atoms with Gasteiger partial charge in [0.05, 0.1) is 10.3 Å². The van der Waals surface area contributed by atoms with E-state index in [0.29, 0.717) is 23.1 Å². The first-order valence-electron chi connectivity index (χ1n) is 6.37. The molecule has 0 saturated carbocycles. The van der Waals surface area contributed by atoms with Gasteiger partial charge in [-0.15, -0.1) is 0 Å². The van der Waals surface area contributed by atoms with E-state index in [-0.39, 0.29) is 5.69 Å². The molecular formula is C14H17N3O3. The minimum Gasteiger partial charge on any atom is -0.491 e. The molecule has 20 heavy (non-hydrogen) atoms. The SMILES string of the molecule is CCC(C)(N)COc1ccc([N+](=O)[O-])c2ccncc12. The molecule has 0 bridgehead atoms. The first-order valence-corrected chi connectivity index (χ1v) is 6.37. The standard InChI is InChI=1S/C14H17N3O3/c1-3-14(2,15)9-20-13-5-4-12(17(18)19)10-6-7-16-8-11(10)13/h4-8H,3,9,15H2,1-2H3. The van der Waals surface area contributed by atoms with Crippen LogP contribution in [-0.4, -0.2) is 22.1 Å². The Hall–Kier alpha value is -2.21. The van der Waals surface area contributed by atoms with Crippen LogP contribution in [0.2, 0.25) is 0 Å². The predicted molar refractivity (Wildman–Crippen MR) is 76.8 cm³/mol. The number of pyridine rings is 1. The number of hydrogen-bond acceptors (Lipinski definition) is 5. The maximum atomic E-state index is 11.0. The first-order chi connectivity index (χ1) is 9.44. The van der Waals surface area contributed by atoms with Crippen LogP contribution < -0.4 is 10.5 Å². The molecule has 1 aromatic carbocycles. The summed E-state index contributed by atoms with van der Waals surface area (Å²) in [5.41, 5.74) is 5.65. The Balaban J connectivity index is 2.41. The lowest BCUT2D eigenvalue weighted by molar-refractivity contribution is -0.383. The van der Waals surface area contributed by atoms with Crippen LogP contribution in [0, 0.1) is 10.1 Å². The molecule has 0 amide bonds. The molecule has 6 nitrogen and oxygen atoms in total. The van der Waals surface area contributed by atoms with E-state index in [4.69, 9.17) is 10.5 Å². The Bertz CT molecular complexity index is 641. The van der Waals surface area contributed by atoms with Crippen LogP contribution in [0.3, 0.4) is 0 Å². The number of benzene rings is 1. The lowest BCUT2D eigenvalue weighted by Crippen LogP contribution is -2.41. The van der Waals surface area contributed by atoms with Gasteiger partial charge in [0.25, 0.3) is 5.69 Å². The van der Waals surface area contributed by atoms with Gasteiger partial charge >= 0.3 is 0 Å². The van der Waals surface area contributed by atoms with Crippen molar-refractivity contribution in [2.75, 3.05) is 6.61 Å². The molecule has 0 radical (unpaired) electrons. The third-order valence-corrected chi connectivity index (χ3v) is 3.32. The highest BCUT2D eigenvalue weighted by Gasteiger charge is 2.19. The van der Waals surface area contributed by atoms with E-state index in [0.717, 1.165) is 6.42 Å². The van der Waals surface area contributed by atoms with Crippen LogP contribution in [0.15, 0.2) is 30.6 Å². The van der Waals surface area contributed by atoms with Crippen molar-refractivity contribution in [3.05, 3.63) is 40.7 Å². The molecule has 2 aromatic rings. The quantitative estimate of drug-likeness (QED) is 0.669. The van der Waals surface area contributed by atoms with Crippen LogP contribution in [0.5, 0.6) is 5.75 Å². The van der Waals surface area contributed by atoms with Crippen molar-refractivity contribution in [1.82, 2.24) is 4.98 Å². The third-order valence-electron chi connectivity index (χ3n) is 3.32. The molecule has 1 unspecified atom stereocenters. The van der Waals surface area contributed by atoms with Gasteiger partial charge in [-0.1, -0.05) is 6.92 Å². The van der Waals surface area contributed by atoms with Crippen molar-refractivity contribution in [2.45, 2.75) is 25.8 Å². The molecule has 0 aliphatic carbocycles. The number of nitro groups is 1. The monoisotopic (exact) mass is 275 g/mol. The van der Waals surface area contributed by atoms with Gasteiger partial charge in [-0.05, 0) is 25.5 Å². The Labute approximate surface area is 116 Å². The number of nitrogens with two attached hydrogens (primary N) is 1. The molecule has 106 valence electrons. The average Bonchev–Trinajstić information content (AvgIpc) is 2.44. The third kappa shape index (κ3) is 2.85. The summed E-state index contributed by atoms with van der Waals surface area (Å²) in [6.45, 7) is 4.23. The maximum Gasteiger partial charge on any atom is 0.277 e. The average molecular weight is 275 g/mol. The van der Waals surface area contributed by atoms with Crippen molar-refractivity contribution in [3.8, 4) is 5.75 Å². The molecule has 0 saturated heterocycles. The highest BCUT2D eigenvalue weighted by molar-refractivity contribution is 5.94. The van der Waals surface area contributed by atoms with Crippen LogP contribution in [-0.2, 0) is 0 Å². The summed E-state index contributed by atoms with van der Waals surface area (Å²) in [4.78, 5) is 14.6. The van der Waals surface area contributed by atoms with Crippen molar-refractivity contribution in [2.24, 2.45) is 5.73 Å². The number of nitro benzene ring substituents is 1. The van der Waals surface area contributed by atoms with Crippen molar-refractivity contribution < 1.29 is 9.66 Å². The largest absolute Gasteiger partial charge is 0.491 e.